The first-order valence-electron chi connectivity index (χ1n) is 5.33. The van der Waals surface area contributed by atoms with E-state index in [-0.39, 0.29) is 0 Å². The van der Waals surface area contributed by atoms with Crippen LogP contribution in [-0.2, 0) is 4.74 Å². The summed E-state index contributed by atoms with van der Waals surface area (Å²) in [5.41, 5.74) is 1.43. The first kappa shape index (κ1) is 10.2. The molecular formula is C11H11BrN2O2. The molecule has 3 rings (SSSR count). The quantitative estimate of drug-likeness (QED) is 0.755. The van der Waals surface area contributed by atoms with Crippen molar-refractivity contribution in [1.29, 1.82) is 0 Å². The van der Waals surface area contributed by atoms with Gasteiger partial charge in [0.05, 0.1) is 0 Å². The van der Waals surface area contributed by atoms with Gasteiger partial charge in [0.15, 0.2) is 17.1 Å². The molecule has 1 aliphatic heterocycles. The first-order valence-corrected chi connectivity index (χ1v) is 6.13. The molecule has 0 unspecified atom stereocenters. The number of hydrogen-bond donors (Lipinski definition) is 0. The molecule has 3 heterocycles. The summed E-state index contributed by atoms with van der Waals surface area (Å²) in [5, 5.41) is 0. The number of aromatic nitrogens is 2. The molecule has 4 nitrogen and oxygen atoms in total. The van der Waals surface area contributed by atoms with Crippen LogP contribution in [0.15, 0.2) is 21.2 Å². The molecule has 0 saturated carbocycles. The molecule has 0 aromatic carbocycles. The second kappa shape index (κ2) is 4.14. The lowest BCUT2D eigenvalue weighted by Gasteiger charge is -2.18. The van der Waals surface area contributed by atoms with Crippen molar-refractivity contribution in [3.63, 3.8) is 0 Å². The van der Waals surface area contributed by atoms with Gasteiger partial charge in [0.2, 0.25) is 0 Å². The Morgan fingerprint density at radius 3 is 2.81 bits per heavy atom. The Morgan fingerprint density at radius 1 is 1.19 bits per heavy atom. The van der Waals surface area contributed by atoms with Gasteiger partial charge in [-0.25, -0.2) is 4.98 Å². The highest BCUT2D eigenvalue weighted by Crippen LogP contribution is 2.28. The number of ether oxygens (including phenoxy) is 1. The van der Waals surface area contributed by atoms with Crippen LogP contribution < -0.4 is 0 Å². The summed E-state index contributed by atoms with van der Waals surface area (Å²) in [6.45, 7) is 1.58. The van der Waals surface area contributed by atoms with Gasteiger partial charge in [-0.15, -0.1) is 0 Å². The maximum atomic E-state index is 5.71. The van der Waals surface area contributed by atoms with E-state index in [1.807, 2.05) is 12.1 Å². The first-order chi connectivity index (χ1) is 7.83. The minimum Gasteiger partial charge on any atom is -0.439 e. The Hall–Kier alpha value is -0.940. The van der Waals surface area contributed by atoms with Crippen LogP contribution in [0.5, 0.6) is 0 Å². The summed E-state index contributed by atoms with van der Waals surface area (Å²) in [6, 6.07) is 3.75. The van der Waals surface area contributed by atoms with Crippen molar-refractivity contribution in [1.82, 2.24) is 9.97 Å². The number of nitrogens with zero attached hydrogens (tertiary/aromatic N) is 2. The molecule has 0 amide bonds. The molecule has 2 aromatic rings. The summed E-state index contributed by atoms with van der Waals surface area (Å²) in [4.78, 5) is 8.71. The second-order valence-corrected chi connectivity index (χ2v) is 4.71. The van der Waals surface area contributed by atoms with Crippen LogP contribution in [0.25, 0.3) is 11.2 Å². The van der Waals surface area contributed by atoms with Gasteiger partial charge >= 0.3 is 0 Å². The van der Waals surface area contributed by atoms with Gasteiger partial charge in [-0.05, 0) is 40.9 Å². The minimum atomic E-state index is 0.377. The van der Waals surface area contributed by atoms with Crippen molar-refractivity contribution in [2.45, 2.75) is 18.8 Å². The van der Waals surface area contributed by atoms with E-state index >= 15 is 0 Å². The lowest BCUT2D eigenvalue weighted by molar-refractivity contribution is 0.0798. The summed E-state index contributed by atoms with van der Waals surface area (Å²) in [6.07, 6.45) is 1.96. The molecule has 16 heavy (non-hydrogen) atoms. The van der Waals surface area contributed by atoms with Crippen LogP contribution in [0.1, 0.15) is 24.7 Å². The zero-order valence-corrected chi connectivity index (χ0v) is 10.2. The Kier molecular flexibility index (Phi) is 2.65. The molecule has 0 radical (unpaired) electrons. The van der Waals surface area contributed by atoms with Crippen LogP contribution >= 0.6 is 15.9 Å². The van der Waals surface area contributed by atoms with Crippen LogP contribution in [0.3, 0.4) is 0 Å². The molecule has 0 atom stereocenters. The minimum absolute atomic E-state index is 0.377. The van der Waals surface area contributed by atoms with E-state index in [9.17, 15) is 0 Å². The van der Waals surface area contributed by atoms with Crippen LogP contribution in [0.4, 0.5) is 0 Å². The highest BCUT2D eigenvalue weighted by Gasteiger charge is 2.21. The molecule has 0 N–H and O–H groups in total. The lowest BCUT2D eigenvalue weighted by Crippen LogP contribution is -2.14. The van der Waals surface area contributed by atoms with Crippen LogP contribution in [0, 0.1) is 0 Å². The molecule has 1 fully saturated rings. The average Bonchev–Trinajstić information content (AvgIpc) is 2.73. The van der Waals surface area contributed by atoms with Gasteiger partial charge in [0.25, 0.3) is 0 Å². The van der Waals surface area contributed by atoms with Gasteiger partial charge < -0.3 is 9.15 Å². The molecule has 0 aliphatic carbocycles. The lowest BCUT2D eigenvalue weighted by atomic mass is 10.0. The summed E-state index contributed by atoms with van der Waals surface area (Å²) < 4.78 is 11.8. The largest absolute Gasteiger partial charge is 0.439 e. The van der Waals surface area contributed by atoms with Crippen molar-refractivity contribution in [2.24, 2.45) is 0 Å². The Bertz CT molecular complexity index is 506. The highest BCUT2D eigenvalue weighted by molar-refractivity contribution is 9.10. The maximum absolute atomic E-state index is 5.71. The van der Waals surface area contributed by atoms with Crippen molar-refractivity contribution < 1.29 is 9.15 Å². The van der Waals surface area contributed by atoms with Crippen molar-refractivity contribution in [3.05, 3.63) is 22.6 Å². The molecule has 0 spiro atoms. The van der Waals surface area contributed by atoms with Crippen molar-refractivity contribution in [3.8, 4) is 0 Å². The van der Waals surface area contributed by atoms with E-state index in [2.05, 4.69) is 25.9 Å². The van der Waals surface area contributed by atoms with Crippen LogP contribution in [0.2, 0.25) is 0 Å². The Balaban J connectivity index is 1.97. The summed E-state index contributed by atoms with van der Waals surface area (Å²) in [7, 11) is 0. The predicted octanol–water partition coefficient (Wildman–Crippen LogP) is 2.88. The normalized spacial score (nSPS) is 18.1. The predicted molar refractivity (Wildman–Crippen MR) is 62.3 cm³/mol. The molecule has 5 heteroatoms. The molecule has 1 aliphatic rings. The molecule has 2 aromatic heterocycles. The van der Waals surface area contributed by atoms with Gasteiger partial charge in [-0.3, -0.25) is 0 Å². The van der Waals surface area contributed by atoms with Crippen molar-refractivity contribution >= 4 is 27.2 Å². The van der Waals surface area contributed by atoms with Crippen LogP contribution in [-0.4, -0.2) is 23.2 Å². The maximum Gasteiger partial charge on any atom is 0.200 e. The number of halogens is 1. The molecule has 1 saturated heterocycles. The SMILES string of the molecule is Brc1ccc2oc(C3CCOCC3)nc2n1. The number of pyridine rings is 1. The monoisotopic (exact) mass is 282 g/mol. The van der Waals surface area contributed by atoms with Gasteiger partial charge in [-0.2, -0.15) is 4.98 Å². The third-order valence-corrected chi connectivity index (χ3v) is 3.25. The Morgan fingerprint density at radius 2 is 2.00 bits per heavy atom. The zero-order chi connectivity index (χ0) is 11.0. The fourth-order valence-electron chi connectivity index (χ4n) is 1.93. The summed E-state index contributed by atoms with van der Waals surface area (Å²) in [5.74, 6) is 1.17. The number of rotatable bonds is 1. The number of hydrogen-bond acceptors (Lipinski definition) is 4. The van der Waals surface area contributed by atoms with Gasteiger partial charge in [-0.1, -0.05) is 0 Å². The van der Waals surface area contributed by atoms with E-state index in [1.165, 1.54) is 0 Å². The highest BCUT2D eigenvalue weighted by atomic mass is 79.9. The number of fused-ring (bicyclic) bond motifs is 1. The van der Waals surface area contributed by atoms with E-state index in [4.69, 9.17) is 9.15 Å². The fraction of sp³-hybridized carbons (Fsp3) is 0.455. The molecule has 0 bridgehead atoms. The van der Waals surface area contributed by atoms with E-state index in [1.54, 1.807) is 0 Å². The molecular weight excluding hydrogens is 272 g/mol. The topological polar surface area (TPSA) is 48.2 Å². The van der Waals surface area contributed by atoms with Gasteiger partial charge in [0.1, 0.15) is 4.60 Å². The second-order valence-electron chi connectivity index (χ2n) is 3.89. The van der Waals surface area contributed by atoms with E-state index in [0.717, 1.165) is 42.1 Å². The Labute approximate surface area is 101 Å². The van der Waals surface area contributed by atoms with Gasteiger partial charge in [0, 0.05) is 19.1 Å². The zero-order valence-electron chi connectivity index (χ0n) is 8.65. The number of oxazole rings is 1. The van der Waals surface area contributed by atoms with Crippen molar-refractivity contribution in [2.75, 3.05) is 13.2 Å². The summed E-state index contributed by atoms with van der Waals surface area (Å²) >= 11 is 3.32. The standard InChI is InChI=1S/C11H11BrN2O2/c12-9-2-1-8-10(13-9)14-11(16-8)7-3-5-15-6-4-7/h1-2,7H,3-6H2. The fourth-order valence-corrected chi connectivity index (χ4v) is 2.23. The molecule has 84 valence electrons. The van der Waals surface area contributed by atoms with E-state index < -0.39 is 0 Å². The smallest absolute Gasteiger partial charge is 0.200 e. The third-order valence-electron chi connectivity index (χ3n) is 2.81. The van der Waals surface area contributed by atoms with E-state index in [0.29, 0.717) is 11.6 Å². The third kappa shape index (κ3) is 1.85. The average molecular weight is 283 g/mol.